The number of hydrogen-bond donors (Lipinski definition) is 3. The SMILES string of the molecule is COCCOCCCNC(=O)C(N)CC(N)=O. The van der Waals surface area contributed by atoms with Gasteiger partial charge < -0.3 is 26.3 Å². The Balaban J connectivity index is 3.41. The zero-order valence-electron chi connectivity index (χ0n) is 10.1. The van der Waals surface area contributed by atoms with Crippen molar-refractivity contribution in [3.8, 4) is 0 Å². The third-order valence-corrected chi connectivity index (χ3v) is 1.95. The third kappa shape index (κ3) is 9.73. The molecule has 7 heteroatoms. The van der Waals surface area contributed by atoms with Gasteiger partial charge >= 0.3 is 0 Å². The lowest BCUT2D eigenvalue weighted by molar-refractivity contribution is -0.126. The first-order valence-electron chi connectivity index (χ1n) is 5.46. The van der Waals surface area contributed by atoms with Gasteiger partial charge in [-0.1, -0.05) is 0 Å². The van der Waals surface area contributed by atoms with Gasteiger partial charge in [-0.25, -0.2) is 0 Å². The number of amides is 2. The minimum absolute atomic E-state index is 0.143. The van der Waals surface area contributed by atoms with Crippen molar-refractivity contribution in [1.82, 2.24) is 5.32 Å². The van der Waals surface area contributed by atoms with Crippen LogP contribution in [0.2, 0.25) is 0 Å². The molecule has 0 fully saturated rings. The largest absolute Gasteiger partial charge is 0.382 e. The summed E-state index contributed by atoms with van der Waals surface area (Å²) in [5.74, 6) is -0.962. The summed E-state index contributed by atoms with van der Waals surface area (Å²) in [6.45, 7) is 2.08. The standard InChI is InChI=1S/C10H21N3O4/c1-16-5-6-17-4-2-3-13-10(15)8(11)7-9(12)14/h8H,2-7,11H2,1H3,(H2,12,14)(H,13,15). The molecule has 0 rings (SSSR count). The Labute approximate surface area is 101 Å². The van der Waals surface area contributed by atoms with Crippen molar-refractivity contribution in [1.29, 1.82) is 0 Å². The minimum atomic E-state index is -0.873. The number of methoxy groups -OCH3 is 1. The number of ether oxygens (including phenoxy) is 2. The first kappa shape index (κ1) is 15.8. The Morgan fingerprint density at radius 1 is 1.29 bits per heavy atom. The van der Waals surface area contributed by atoms with Gasteiger partial charge in [0.25, 0.3) is 0 Å². The molecule has 7 nitrogen and oxygen atoms in total. The van der Waals surface area contributed by atoms with Crippen LogP contribution >= 0.6 is 0 Å². The maximum Gasteiger partial charge on any atom is 0.237 e. The average molecular weight is 247 g/mol. The van der Waals surface area contributed by atoms with Crippen molar-refractivity contribution in [3.05, 3.63) is 0 Å². The lowest BCUT2D eigenvalue weighted by atomic mass is 10.2. The van der Waals surface area contributed by atoms with E-state index < -0.39 is 11.9 Å². The number of nitrogens with one attached hydrogen (secondary N) is 1. The molecule has 17 heavy (non-hydrogen) atoms. The highest BCUT2D eigenvalue weighted by Gasteiger charge is 2.14. The van der Waals surface area contributed by atoms with Gasteiger partial charge in [0.05, 0.1) is 25.7 Å². The topological polar surface area (TPSA) is 117 Å². The number of hydrogen-bond acceptors (Lipinski definition) is 5. The van der Waals surface area contributed by atoms with E-state index in [4.69, 9.17) is 20.9 Å². The van der Waals surface area contributed by atoms with Crippen LogP contribution < -0.4 is 16.8 Å². The maximum atomic E-state index is 11.3. The molecule has 0 saturated carbocycles. The molecule has 5 N–H and O–H groups in total. The van der Waals surface area contributed by atoms with Crippen molar-refractivity contribution in [2.75, 3.05) is 33.5 Å². The van der Waals surface area contributed by atoms with Crippen LogP contribution in [-0.2, 0) is 19.1 Å². The highest BCUT2D eigenvalue weighted by molar-refractivity contribution is 5.87. The first-order chi connectivity index (χ1) is 8.07. The Morgan fingerprint density at radius 2 is 2.00 bits per heavy atom. The Hall–Kier alpha value is -1.18. The van der Waals surface area contributed by atoms with Crippen LogP contribution in [0, 0.1) is 0 Å². The molecule has 0 spiro atoms. The van der Waals surface area contributed by atoms with Gasteiger partial charge in [-0.2, -0.15) is 0 Å². The second-order valence-electron chi connectivity index (χ2n) is 3.53. The van der Waals surface area contributed by atoms with Crippen molar-refractivity contribution in [2.45, 2.75) is 18.9 Å². The smallest absolute Gasteiger partial charge is 0.237 e. The van der Waals surface area contributed by atoms with Gasteiger partial charge in [-0.05, 0) is 6.42 Å². The highest BCUT2D eigenvalue weighted by atomic mass is 16.5. The lowest BCUT2D eigenvalue weighted by Gasteiger charge is -2.10. The molecule has 0 saturated heterocycles. The monoisotopic (exact) mass is 247 g/mol. The number of primary amides is 1. The predicted octanol–water partition coefficient (Wildman–Crippen LogP) is -1.64. The maximum absolute atomic E-state index is 11.3. The molecule has 0 radical (unpaired) electrons. The van der Waals surface area contributed by atoms with Crippen LogP contribution in [-0.4, -0.2) is 51.3 Å². The van der Waals surface area contributed by atoms with Crippen LogP contribution in [0.1, 0.15) is 12.8 Å². The van der Waals surface area contributed by atoms with E-state index in [1.807, 2.05) is 0 Å². The van der Waals surface area contributed by atoms with E-state index in [0.717, 1.165) is 0 Å². The summed E-state index contributed by atoms with van der Waals surface area (Å²) in [6, 6.07) is -0.873. The van der Waals surface area contributed by atoms with Gasteiger partial charge in [0.1, 0.15) is 0 Å². The van der Waals surface area contributed by atoms with E-state index in [0.29, 0.717) is 32.8 Å². The molecule has 0 aliphatic heterocycles. The highest BCUT2D eigenvalue weighted by Crippen LogP contribution is 1.88. The van der Waals surface area contributed by atoms with Crippen molar-refractivity contribution in [3.63, 3.8) is 0 Å². The average Bonchev–Trinajstić information content (AvgIpc) is 2.26. The summed E-state index contributed by atoms with van der Waals surface area (Å²) >= 11 is 0. The molecule has 0 aliphatic rings. The number of nitrogens with two attached hydrogens (primary N) is 2. The van der Waals surface area contributed by atoms with Crippen LogP contribution in [0.3, 0.4) is 0 Å². The second-order valence-corrected chi connectivity index (χ2v) is 3.53. The molecule has 100 valence electrons. The van der Waals surface area contributed by atoms with Gasteiger partial charge in [-0.3, -0.25) is 9.59 Å². The molecular weight excluding hydrogens is 226 g/mol. The quantitative estimate of drug-likeness (QED) is 0.400. The molecule has 0 aromatic heterocycles. The minimum Gasteiger partial charge on any atom is -0.382 e. The summed E-state index contributed by atoms with van der Waals surface area (Å²) in [6.07, 6.45) is 0.537. The van der Waals surface area contributed by atoms with Crippen molar-refractivity contribution >= 4 is 11.8 Å². The van der Waals surface area contributed by atoms with Gasteiger partial charge in [0, 0.05) is 20.3 Å². The van der Waals surface area contributed by atoms with Gasteiger partial charge in [-0.15, -0.1) is 0 Å². The molecule has 1 unspecified atom stereocenters. The van der Waals surface area contributed by atoms with Gasteiger partial charge in [0.2, 0.25) is 11.8 Å². The Morgan fingerprint density at radius 3 is 2.59 bits per heavy atom. The van der Waals surface area contributed by atoms with Crippen LogP contribution in [0.5, 0.6) is 0 Å². The van der Waals surface area contributed by atoms with E-state index in [9.17, 15) is 9.59 Å². The number of carbonyl (C=O) groups is 2. The van der Waals surface area contributed by atoms with Crippen LogP contribution in [0.4, 0.5) is 0 Å². The summed E-state index contributed by atoms with van der Waals surface area (Å²) in [5, 5.41) is 2.60. The molecule has 0 aromatic carbocycles. The summed E-state index contributed by atoms with van der Waals surface area (Å²) < 4.78 is 10.00. The second kappa shape index (κ2) is 10.0. The molecular formula is C10H21N3O4. The van der Waals surface area contributed by atoms with Crippen LogP contribution in [0.15, 0.2) is 0 Å². The molecule has 0 aromatic rings. The molecule has 0 heterocycles. The lowest BCUT2D eigenvalue weighted by Crippen LogP contribution is -2.43. The molecule has 1 atom stereocenters. The summed E-state index contributed by atoms with van der Waals surface area (Å²) in [4.78, 5) is 21.8. The number of carbonyl (C=O) groups excluding carboxylic acids is 2. The van der Waals surface area contributed by atoms with Crippen molar-refractivity contribution < 1.29 is 19.1 Å². The molecule has 0 aliphatic carbocycles. The van der Waals surface area contributed by atoms with E-state index in [-0.39, 0.29) is 12.3 Å². The van der Waals surface area contributed by atoms with Gasteiger partial charge in [0.15, 0.2) is 0 Å². The van der Waals surface area contributed by atoms with E-state index in [1.165, 1.54) is 0 Å². The predicted molar refractivity (Wildman–Crippen MR) is 62.1 cm³/mol. The van der Waals surface area contributed by atoms with E-state index >= 15 is 0 Å². The van der Waals surface area contributed by atoms with Crippen molar-refractivity contribution in [2.24, 2.45) is 11.5 Å². The fraction of sp³-hybridized carbons (Fsp3) is 0.800. The fourth-order valence-electron chi connectivity index (χ4n) is 1.07. The normalized spacial score (nSPS) is 12.1. The Bertz CT molecular complexity index is 236. The van der Waals surface area contributed by atoms with E-state index in [1.54, 1.807) is 7.11 Å². The zero-order valence-corrected chi connectivity index (χ0v) is 10.1. The Kier molecular flexibility index (Phi) is 9.31. The summed E-state index contributed by atoms with van der Waals surface area (Å²) in [5.41, 5.74) is 10.4. The third-order valence-electron chi connectivity index (χ3n) is 1.95. The van der Waals surface area contributed by atoms with Crippen LogP contribution in [0.25, 0.3) is 0 Å². The molecule has 2 amide bonds. The van der Waals surface area contributed by atoms with E-state index in [2.05, 4.69) is 5.32 Å². The molecule has 0 bridgehead atoms. The first-order valence-corrected chi connectivity index (χ1v) is 5.46. The fourth-order valence-corrected chi connectivity index (χ4v) is 1.07. The number of rotatable bonds is 10. The summed E-state index contributed by atoms with van der Waals surface area (Å²) in [7, 11) is 1.60. The zero-order chi connectivity index (χ0) is 13.1.